The first-order valence-electron chi connectivity index (χ1n) is 5.29. The van der Waals surface area contributed by atoms with E-state index in [1.165, 1.54) is 0 Å². The Kier molecular flexibility index (Phi) is 2.35. The maximum atomic E-state index is 11.6. The molecule has 0 aromatic heterocycles. The fraction of sp³-hybridized carbons (Fsp3) is 0.889. The standard InChI is InChI=1S/C9H16N2O4S/c10-7(12)8-3-1-6(2-4-8)5-9(8,11)16(13,14)15/h6H,1-5,11H2,(H2,10,12)(H,13,14,15). The molecule has 0 spiro atoms. The Labute approximate surface area is 94.1 Å². The summed E-state index contributed by atoms with van der Waals surface area (Å²) in [4.78, 5) is 9.67. The molecule has 1 amide bonds. The van der Waals surface area contributed by atoms with E-state index in [4.69, 9.17) is 11.5 Å². The van der Waals surface area contributed by atoms with Crippen molar-refractivity contribution in [3.63, 3.8) is 0 Å². The van der Waals surface area contributed by atoms with Gasteiger partial charge in [0.2, 0.25) is 5.91 Å². The SMILES string of the molecule is NC(=O)C12CCC(CC1)CC2(N)S(=O)(=O)O. The summed E-state index contributed by atoms with van der Waals surface area (Å²) in [6, 6.07) is 0. The minimum absolute atomic E-state index is 0.120. The highest BCUT2D eigenvalue weighted by molar-refractivity contribution is 7.87. The van der Waals surface area contributed by atoms with Gasteiger partial charge in [-0.15, -0.1) is 0 Å². The molecule has 3 aliphatic rings. The monoisotopic (exact) mass is 248 g/mol. The molecule has 0 aromatic carbocycles. The molecule has 16 heavy (non-hydrogen) atoms. The molecular formula is C9H16N2O4S. The van der Waals surface area contributed by atoms with Gasteiger partial charge in [-0.3, -0.25) is 9.35 Å². The average Bonchev–Trinajstić information content (AvgIpc) is 2.17. The van der Waals surface area contributed by atoms with E-state index < -0.39 is 26.3 Å². The molecule has 0 saturated heterocycles. The maximum absolute atomic E-state index is 11.6. The number of hydrogen-bond donors (Lipinski definition) is 3. The smallest absolute Gasteiger partial charge is 0.284 e. The fourth-order valence-corrected chi connectivity index (χ4v) is 4.47. The quantitative estimate of drug-likeness (QED) is 0.573. The molecule has 0 radical (unpaired) electrons. The Morgan fingerprint density at radius 1 is 1.31 bits per heavy atom. The van der Waals surface area contributed by atoms with Gasteiger partial charge in [-0.25, -0.2) is 0 Å². The van der Waals surface area contributed by atoms with Crippen LogP contribution in [0.25, 0.3) is 0 Å². The predicted octanol–water partition coefficient (Wildman–Crippen LogP) is -0.405. The summed E-state index contributed by atoms with van der Waals surface area (Å²) in [5.41, 5.74) is 9.84. The number of rotatable bonds is 2. The largest absolute Gasteiger partial charge is 0.369 e. The van der Waals surface area contributed by atoms with Crippen molar-refractivity contribution in [1.82, 2.24) is 0 Å². The van der Waals surface area contributed by atoms with Gasteiger partial charge in [-0.05, 0) is 38.0 Å². The third kappa shape index (κ3) is 1.25. The van der Waals surface area contributed by atoms with Gasteiger partial charge in [-0.1, -0.05) is 0 Å². The molecule has 0 aliphatic heterocycles. The Hall–Kier alpha value is -0.660. The third-order valence-corrected chi connectivity index (χ3v) is 5.77. The van der Waals surface area contributed by atoms with E-state index in [1.54, 1.807) is 0 Å². The summed E-state index contributed by atoms with van der Waals surface area (Å²) in [6.07, 6.45) is 2.32. The molecule has 0 aromatic rings. The van der Waals surface area contributed by atoms with Crippen molar-refractivity contribution in [3.05, 3.63) is 0 Å². The van der Waals surface area contributed by atoms with Gasteiger partial charge in [0.05, 0.1) is 5.41 Å². The number of fused-ring (bicyclic) bond motifs is 3. The molecular weight excluding hydrogens is 232 g/mol. The topological polar surface area (TPSA) is 123 Å². The van der Waals surface area contributed by atoms with E-state index in [0.29, 0.717) is 12.8 Å². The molecule has 3 aliphatic carbocycles. The number of primary amides is 1. The zero-order valence-corrected chi connectivity index (χ0v) is 9.66. The summed E-state index contributed by atoms with van der Waals surface area (Å²) < 4.78 is 32.1. The lowest BCUT2D eigenvalue weighted by molar-refractivity contribution is -0.137. The van der Waals surface area contributed by atoms with Gasteiger partial charge in [0.25, 0.3) is 10.1 Å². The van der Waals surface area contributed by atoms with E-state index in [-0.39, 0.29) is 12.3 Å². The zero-order valence-electron chi connectivity index (χ0n) is 8.85. The highest BCUT2D eigenvalue weighted by atomic mass is 32.2. The molecule has 1 unspecified atom stereocenters. The van der Waals surface area contributed by atoms with E-state index in [2.05, 4.69) is 0 Å². The molecule has 3 fully saturated rings. The molecule has 92 valence electrons. The summed E-state index contributed by atoms with van der Waals surface area (Å²) in [5, 5.41) is 0. The van der Waals surface area contributed by atoms with Gasteiger partial charge < -0.3 is 11.5 Å². The van der Waals surface area contributed by atoms with E-state index in [1.807, 2.05) is 0 Å². The maximum Gasteiger partial charge on any atom is 0.284 e. The van der Waals surface area contributed by atoms with Gasteiger partial charge in [0.15, 0.2) is 4.87 Å². The lowest BCUT2D eigenvalue weighted by atomic mass is 9.57. The lowest BCUT2D eigenvalue weighted by Crippen LogP contribution is -2.70. The number of carbonyl (C=O) groups excluding carboxylic acids is 1. The van der Waals surface area contributed by atoms with Gasteiger partial charge in [0.1, 0.15) is 0 Å². The van der Waals surface area contributed by atoms with Crippen LogP contribution < -0.4 is 11.5 Å². The second-order valence-electron chi connectivity index (χ2n) is 4.96. The van der Waals surface area contributed by atoms with Crippen LogP contribution in [0.4, 0.5) is 0 Å². The number of amides is 1. The lowest BCUT2D eigenvalue weighted by Gasteiger charge is -2.54. The van der Waals surface area contributed by atoms with Crippen molar-refractivity contribution in [2.24, 2.45) is 22.8 Å². The van der Waals surface area contributed by atoms with Crippen LogP contribution in [0.5, 0.6) is 0 Å². The van der Waals surface area contributed by atoms with E-state index >= 15 is 0 Å². The molecule has 1 atom stereocenters. The fourth-order valence-electron chi connectivity index (χ4n) is 3.23. The number of nitrogens with two attached hydrogens (primary N) is 2. The highest BCUT2D eigenvalue weighted by Crippen LogP contribution is 2.56. The van der Waals surface area contributed by atoms with Crippen LogP contribution in [0, 0.1) is 11.3 Å². The molecule has 0 heterocycles. The minimum atomic E-state index is -4.48. The molecule has 3 saturated carbocycles. The second-order valence-corrected chi connectivity index (χ2v) is 6.64. The van der Waals surface area contributed by atoms with Crippen LogP contribution >= 0.6 is 0 Å². The number of hydrogen-bond acceptors (Lipinski definition) is 4. The predicted molar refractivity (Wildman–Crippen MR) is 56.7 cm³/mol. The normalized spacial score (nSPS) is 43.2. The molecule has 3 rings (SSSR count). The Morgan fingerprint density at radius 2 is 1.81 bits per heavy atom. The van der Waals surface area contributed by atoms with Crippen molar-refractivity contribution in [1.29, 1.82) is 0 Å². The summed E-state index contributed by atoms with van der Waals surface area (Å²) in [5.74, 6) is -0.557. The molecule has 7 heteroatoms. The summed E-state index contributed by atoms with van der Waals surface area (Å²) in [7, 11) is -4.48. The van der Waals surface area contributed by atoms with Crippen LogP contribution in [0.1, 0.15) is 32.1 Å². The average molecular weight is 248 g/mol. The summed E-state index contributed by atoms with van der Waals surface area (Å²) in [6.45, 7) is 0. The van der Waals surface area contributed by atoms with Crippen LogP contribution in [-0.4, -0.2) is 23.7 Å². The van der Waals surface area contributed by atoms with Crippen molar-refractivity contribution in [2.45, 2.75) is 37.0 Å². The van der Waals surface area contributed by atoms with E-state index in [0.717, 1.165) is 12.8 Å². The highest BCUT2D eigenvalue weighted by Gasteiger charge is 2.65. The van der Waals surface area contributed by atoms with Crippen molar-refractivity contribution < 1.29 is 17.8 Å². The van der Waals surface area contributed by atoms with Crippen molar-refractivity contribution in [3.8, 4) is 0 Å². The first kappa shape index (κ1) is 11.8. The van der Waals surface area contributed by atoms with Crippen LogP contribution in [-0.2, 0) is 14.9 Å². The third-order valence-electron chi connectivity index (χ3n) is 4.29. The Balaban J connectivity index is 2.57. The van der Waals surface area contributed by atoms with Crippen LogP contribution in [0.3, 0.4) is 0 Å². The van der Waals surface area contributed by atoms with Gasteiger partial charge >= 0.3 is 0 Å². The summed E-state index contributed by atoms with van der Waals surface area (Å²) >= 11 is 0. The zero-order chi connectivity index (χ0) is 12.2. The van der Waals surface area contributed by atoms with Crippen molar-refractivity contribution in [2.75, 3.05) is 0 Å². The first-order chi connectivity index (χ1) is 7.23. The first-order valence-corrected chi connectivity index (χ1v) is 6.73. The van der Waals surface area contributed by atoms with Crippen molar-refractivity contribution >= 4 is 16.0 Å². The minimum Gasteiger partial charge on any atom is -0.369 e. The van der Waals surface area contributed by atoms with Gasteiger partial charge in [0, 0.05) is 0 Å². The molecule has 5 N–H and O–H groups in total. The second kappa shape index (κ2) is 3.18. The van der Waals surface area contributed by atoms with Crippen LogP contribution in [0.2, 0.25) is 0 Å². The Bertz CT molecular complexity index is 425. The van der Waals surface area contributed by atoms with E-state index in [9.17, 15) is 17.8 Å². The Morgan fingerprint density at radius 3 is 2.12 bits per heavy atom. The molecule has 6 nitrogen and oxygen atoms in total. The molecule has 2 bridgehead atoms. The van der Waals surface area contributed by atoms with Crippen LogP contribution in [0.15, 0.2) is 0 Å². The number of carbonyl (C=O) groups is 1. The van der Waals surface area contributed by atoms with Gasteiger partial charge in [-0.2, -0.15) is 8.42 Å².